The minimum Gasteiger partial charge on any atom is -0.468 e. The third-order valence-electron chi connectivity index (χ3n) is 2.50. The molecule has 1 fully saturated rings. The van der Waals surface area contributed by atoms with Gasteiger partial charge in [0.15, 0.2) is 0 Å². The fraction of sp³-hybridized carbons (Fsp3) is 0.600. The maximum atomic E-state index is 5.23. The van der Waals surface area contributed by atoms with Crippen LogP contribution in [0.25, 0.3) is 0 Å². The summed E-state index contributed by atoms with van der Waals surface area (Å²) in [7, 11) is 0. The van der Waals surface area contributed by atoms with Crippen LogP contribution in [0.4, 0.5) is 0 Å². The zero-order valence-electron chi connectivity index (χ0n) is 7.66. The zero-order valence-corrected chi connectivity index (χ0v) is 8.48. The summed E-state index contributed by atoms with van der Waals surface area (Å²) in [5.41, 5.74) is 0. The molecule has 2 rings (SSSR count). The van der Waals surface area contributed by atoms with Gasteiger partial charge in [-0.3, -0.25) is 0 Å². The molecule has 0 aromatic carbocycles. The lowest BCUT2D eigenvalue weighted by Crippen LogP contribution is -2.24. The molecule has 1 aliphatic rings. The second-order valence-electron chi connectivity index (χ2n) is 3.44. The second-order valence-corrected chi connectivity index (χ2v) is 3.44. The lowest BCUT2D eigenvalue weighted by Gasteiger charge is -2.09. The summed E-state index contributed by atoms with van der Waals surface area (Å²) in [6.45, 7) is 0.887. The predicted octanol–water partition coefficient (Wildman–Crippen LogP) is 2.73. The van der Waals surface area contributed by atoms with Crippen LogP contribution >= 0.6 is 12.4 Å². The molecule has 1 N–H and O–H groups in total. The number of hydrogen-bond acceptors (Lipinski definition) is 2. The second kappa shape index (κ2) is 5.30. The van der Waals surface area contributed by atoms with Crippen molar-refractivity contribution < 1.29 is 4.42 Å². The third-order valence-corrected chi connectivity index (χ3v) is 2.50. The largest absolute Gasteiger partial charge is 0.468 e. The van der Waals surface area contributed by atoms with Gasteiger partial charge in [-0.15, -0.1) is 12.4 Å². The fourth-order valence-electron chi connectivity index (χ4n) is 1.79. The number of hydrogen-bond donors (Lipinski definition) is 1. The Bertz CT molecular complexity index is 217. The van der Waals surface area contributed by atoms with Crippen molar-refractivity contribution in [3.8, 4) is 0 Å². The molecule has 0 atom stereocenters. The Hall–Kier alpha value is -0.470. The van der Waals surface area contributed by atoms with Crippen LogP contribution in [0.1, 0.15) is 31.4 Å². The number of rotatable bonds is 3. The molecule has 13 heavy (non-hydrogen) atoms. The highest BCUT2D eigenvalue weighted by molar-refractivity contribution is 5.85. The van der Waals surface area contributed by atoms with Crippen LogP contribution in [-0.4, -0.2) is 6.04 Å². The standard InChI is InChI=1S/C10H15NO.ClH/c1-2-5-9(4-1)11-8-10-6-3-7-12-10;/h3,6-7,9,11H,1-2,4-5,8H2;1H. The lowest BCUT2D eigenvalue weighted by molar-refractivity contribution is 0.446. The average Bonchev–Trinajstić information content (AvgIpc) is 2.74. The molecule has 0 aliphatic heterocycles. The van der Waals surface area contributed by atoms with Crippen molar-refractivity contribution in [2.45, 2.75) is 38.3 Å². The Kier molecular flexibility index (Phi) is 4.33. The minimum absolute atomic E-state index is 0. The highest BCUT2D eigenvalue weighted by atomic mass is 35.5. The van der Waals surface area contributed by atoms with E-state index < -0.39 is 0 Å². The molecule has 0 unspecified atom stereocenters. The zero-order chi connectivity index (χ0) is 8.23. The van der Waals surface area contributed by atoms with Gasteiger partial charge in [-0.1, -0.05) is 12.8 Å². The first-order valence-electron chi connectivity index (χ1n) is 4.71. The highest BCUT2D eigenvalue weighted by Gasteiger charge is 2.13. The minimum atomic E-state index is 0. The Labute approximate surface area is 85.1 Å². The molecule has 0 bridgehead atoms. The molecular weight excluding hydrogens is 186 g/mol. The van der Waals surface area contributed by atoms with E-state index in [4.69, 9.17) is 4.42 Å². The molecule has 0 saturated heterocycles. The Balaban J connectivity index is 0.000000845. The molecule has 1 aliphatic carbocycles. The Morgan fingerprint density at radius 3 is 2.77 bits per heavy atom. The Morgan fingerprint density at radius 1 is 1.38 bits per heavy atom. The summed E-state index contributed by atoms with van der Waals surface area (Å²) in [6, 6.07) is 4.68. The van der Waals surface area contributed by atoms with Crippen molar-refractivity contribution in [3.63, 3.8) is 0 Å². The lowest BCUT2D eigenvalue weighted by atomic mass is 10.2. The predicted molar refractivity (Wildman–Crippen MR) is 55.1 cm³/mol. The molecule has 74 valence electrons. The molecule has 0 amide bonds. The molecule has 1 saturated carbocycles. The molecular formula is C10H16ClNO. The third kappa shape index (κ3) is 3.05. The summed E-state index contributed by atoms with van der Waals surface area (Å²) in [6.07, 6.45) is 7.17. The van der Waals surface area contributed by atoms with Crippen molar-refractivity contribution in [2.24, 2.45) is 0 Å². The molecule has 3 heteroatoms. The molecule has 0 radical (unpaired) electrons. The number of furan rings is 1. The van der Waals surface area contributed by atoms with Crippen molar-refractivity contribution in [1.82, 2.24) is 5.32 Å². The van der Waals surface area contributed by atoms with Crippen molar-refractivity contribution in [1.29, 1.82) is 0 Å². The van der Waals surface area contributed by atoms with E-state index in [1.54, 1.807) is 6.26 Å². The normalized spacial score (nSPS) is 17.2. The maximum Gasteiger partial charge on any atom is 0.117 e. The fourth-order valence-corrected chi connectivity index (χ4v) is 1.79. The van der Waals surface area contributed by atoms with E-state index >= 15 is 0 Å². The summed E-state index contributed by atoms with van der Waals surface area (Å²) in [5.74, 6) is 1.04. The van der Waals surface area contributed by atoms with Crippen molar-refractivity contribution >= 4 is 12.4 Å². The van der Waals surface area contributed by atoms with Gasteiger partial charge in [-0.2, -0.15) is 0 Å². The molecule has 1 aromatic rings. The SMILES string of the molecule is Cl.c1coc(CNC2CCCC2)c1. The Morgan fingerprint density at radius 2 is 2.15 bits per heavy atom. The van der Waals surface area contributed by atoms with Crippen LogP contribution in [0.2, 0.25) is 0 Å². The molecule has 1 heterocycles. The van der Waals surface area contributed by atoms with Gasteiger partial charge in [-0.25, -0.2) is 0 Å². The smallest absolute Gasteiger partial charge is 0.117 e. The first kappa shape index (κ1) is 10.6. The maximum absolute atomic E-state index is 5.23. The summed E-state index contributed by atoms with van der Waals surface area (Å²) >= 11 is 0. The number of nitrogens with one attached hydrogen (secondary N) is 1. The average molecular weight is 202 g/mol. The van der Waals surface area contributed by atoms with Crippen LogP contribution in [0.3, 0.4) is 0 Å². The van der Waals surface area contributed by atoms with E-state index in [9.17, 15) is 0 Å². The van der Waals surface area contributed by atoms with Gasteiger partial charge in [-0.05, 0) is 25.0 Å². The van der Waals surface area contributed by atoms with E-state index in [0.717, 1.165) is 18.3 Å². The van der Waals surface area contributed by atoms with E-state index in [1.807, 2.05) is 12.1 Å². The van der Waals surface area contributed by atoms with Gasteiger partial charge >= 0.3 is 0 Å². The quantitative estimate of drug-likeness (QED) is 0.814. The van der Waals surface area contributed by atoms with Gasteiger partial charge in [0, 0.05) is 6.04 Å². The van der Waals surface area contributed by atoms with Gasteiger partial charge in [0.25, 0.3) is 0 Å². The van der Waals surface area contributed by atoms with Crippen molar-refractivity contribution in [2.75, 3.05) is 0 Å². The number of halogens is 1. The highest BCUT2D eigenvalue weighted by Crippen LogP contribution is 2.17. The van der Waals surface area contributed by atoms with Gasteiger partial charge in [0.05, 0.1) is 12.8 Å². The topological polar surface area (TPSA) is 25.2 Å². The first-order valence-corrected chi connectivity index (χ1v) is 4.71. The van der Waals surface area contributed by atoms with E-state index in [-0.39, 0.29) is 12.4 Å². The monoisotopic (exact) mass is 201 g/mol. The first-order chi connectivity index (χ1) is 5.95. The van der Waals surface area contributed by atoms with Crippen LogP contribution < -0.4 is 5.32 Å². The van der Waals surface area contributed by atoms with Gasteiger partial charge in [0.1, 0.15) is 5.76 Å². The van der Waals surface area contributed by atoms with Crippen LogP contribution in [0.5, 0.6) is 0 Å². The molecule has 2 nitrogen and oxygen atoms in total. The summed E-state index contributed by atoms with van der Waals surface area (Å²) in [5, 5.41) is 3.49. The van der Waals surface area contributed by atoms with Crippen LogP contribution in [0.15, 0.2) is 22.8 Å². The summed E-state index contributed by atoms with van der Waals surface area (Å²) in [4.78, 5) is 0. The van der Waals surface area contributed by atoms with E-state index in [0.29, 0.717) is 0 Å². The van der Waals surface area contributed by atoms with Gasteiger partial charge in [0.2, 0.25) is 0 Å². The summed E-state index contributed by atoms with van der Waals surface area (Å²) < 4.78 is 5.23. The van der Waals surface area contributed by atoms with Crippen LogP contribution in [-0.2, 0) is 6.54 Å². The van der Waals surface area contributed by atoms with E-state index in [1.165, 1.54) is 25.7 Å². The van der Waals surface area contributed by atoms with Crippen molar-refractivity contribution in [3.05, 3.63) is 24.2 Å². The molecule has 1 aromatic heterocycles. The molecule has 0 spiro atoms. The van der Waals surface area contributed by atoms with Crippen LogP contribution in [0, 0.1) is 0 Å². The van der Waals surface area contributed by atoms with Gasteiger partial charge < -0.3 is 9.73 Å². The van der Waals surface area contributed by atoms with E-state index in [2.05, 4.69) is 5.32 Å².